The van der Waals surface area contributed by atoms with Gasteiger partial charge in [-0.2, -0.15) is 0 Å². The second-order valence-corrected chi connectivity index (χ2v) is 10.8. The number of aliphatic hydroxyl groups is 1. The number of carbonyl (C=O) groups is 3. The first kappa shape index (κ1) is 32.9. The first-order chi connectivity index (χ1) is 19.9. The normalized spacial score (nSPS) is 16.2. The Balaban J connectivity index is 1.87. The van der Waals surface area contributed by atoms with Gasteiger partial charge in [0.25, 0.3) is 11.8 Å². The minimum atomic E-state index is -1.27. The van der Waals surface area contributed by atoms with E-state index < -0.39 is 41.9 Å². The van der Waals surface area contributed by atoms with Crippen LogP contribution < -0.4 is 5.73 Å². The van der Waals surface area contributed by atoms with Crippen molar-refractivity contribution in [1.29, 1.82) is 0 Å². The van der Waals surface area contributed by atoms with E-state index in [0.717, 1.165) is 31.0 Å². The number of halogens is 2. The molecule has 2 aromatic carbocycles. The number of likely N-dealkylation sites (N-methyl/N-ethyl adjacent to an activating group) is 1. The highest BCUT2D eigenvalue weighted by atomic mass is 19.1. The highest BCUT2D eigenvalue weighted by Crippen LogP contribution is 2.19. The van der Waals surface area contributed by atoms with E-state index in [1.54, 1.807) is 30.0 Å². The van der Waals surface area contributed by atoms with Crippen LogP contribution in [0.15, 0.2) is 36.4 Å². The average Bonchev–Trinajstić information content (AvgIpc) is 3.29. The predicted octanol–water partition coefficient (Wildman–Crippen LogP) is 3.75. The van der Waals surface area contributed by atoms with Crippen LogP contribution in [-0.4, -0.2) is 95.2 Å². The first-order valence-electron chi connectivity index (χ1n) is 14.5. The number of rotatable bonds is 14. The number of cyclic esters (lactones) is 1. The molecule has 9 nitrogen and oxygen atoms in total. The molecular formula is C31H42F2N4O5. The van der Waals surface area contributed by atoms with Gasteiger partial charge in [-0.15, -0.1) is 0 Å². The highest BCUT2D eigenvalue weighted by molar-refractivity contribution is 6.00. The van der Waals surface area contributed by atoms with E-state index in [4.69, 9.17) is 10.5 Å². The zero-order chi connectivity index (χ0) is 31.0. The Morgan fingerprint density at radius 1 is 1.00 bits per heavy atom. The van der Waals surface area contributed by atoms with Crippen LogP contribution in [0.5, 0.6) is 0 Å². The van der Waals surface area contributed by atoms with Gasteiger partial charge in [-0.05, 0) is 74.6 Å². The fourth-order valence-corrected chi connectivity index (χ4v) is 5.16. The van der Waals surface area contributed by atoms with E-state index in [9.17, 15) is 28.3 Å². The van der Waals surface area contributed by atoms with Crippen LogP contribution in [0, 0.1) is 18.6 Å². The van der Waals surface area contributed by atoms with Gasteiger partial charge in [0.2, 0.25) is 0 Å². The Bertz CT molecular complexity index is 1230. The maximum Gasteiger partial charge on any atom is 0.410 e. The second-order valence-electron chi connectivity index (χ2n) is 10.8. The molecule has 3 amide bonds. The number of benzene rings is 2. The zero-order valence-corrected chi connectivity index (χ0v) is 24.8. The molecule has 0 saturated carbocycles. The number of ether oxygens (including phenoxy) is 1. The third kappa shape index (κ3) is 8.72. The molecule has 42 heavy (non-hydrogen) atoms. The Morgan fingerprint density at radius 2 is 1.57 bits per heavy atom. The molecule has 0 radical (unpaired) electrons. The largest absolute Gasteiger partial charge is 0.442 e. The third-order valence-electron chi connectivity index (χ3n) is 7.18. The van der Waals surface area contributed by atoms with Gasteiger partial charge in [-0.25, -0.2) is 13.6 Å². The van der Waals surface area contributed by atoms with Crippen molar-refractivity contribution in [2.45, 2.75) is 65.2 Å². The molecule has 0 aromatic heterocycles. The van der Waals surface area contributed by atoms with Gasteiger partial charge in [0, 0.05) is 49.4 Å². The van der Waals surface area contributed by atoms with Gasteiger partial charge in [0.05, 0.1) is 19.2 Å². The molecule has 11 heteroatoms. The number of carbonyl (C=O) groups excluding carboxylic acids is 3. The van der Waals surface area contributed by atoms with Crippen molar-refractivity contribution in [3.05, 3.63) is 70.3 Å². The van der Waals surface area contributed by atoms with Crippen molar-refractivity contribution < 1.29 is 33.0 Å². The molecule has 0 unspecified atom stereocenters. The van der Waals surface area contributed by atoms with Crippen molar-refractivity contribution in [2.75, 3.05) is 39.3 Å². The molecule has 0 spiro atoms. The van der Waals surface area contributed by atoms with Gasteiger partial charge in [0.1, 0.15) is 17.7 Å². The zero-order valence-electron chi connectivity index (χ0n) is 24.8. The van der Waals surface area contributed by atoms with E-state index in [1.165, 1.54) is 9.80 Å². The number of hydrogen-bond acceptors (Lipinski definition) is 6. The Morgan fingerprint density at radius 3 is 2.10 bits per heavy atom. The Hall–Kier alpha value is -3.57. The fourth-order valence-electron chi connectivity index (χ4n) is 5.16. The second kappa shape index (κ2) is 15.1. The van der Waals surface area contributed by atoms with Crippen LogP contribution in [0.25, 0.3) is 0 Å². The molecular weight excluding hydrogens is 546 g/mol. The average molecular weight is 589 g/mol. The molecule has 0 bridgehead atoms. The monoisotopic (exact) mass is 588 g/mol. The summed E-state index contributed by atoms with van der Waals surface area (Å²) in [6, 6.07) is 7.02. The van der Waals surface area contributed by atoms with Crippen molar-refractivity contribution in [3.63, 3.8) is 0 Å². The van der Waals surface area contributed by atoms with Gasteiger partial charge in [-0.3, -0.25) is 9.59 Å². The lowest BCUT2D eigenvalue weighted by Gasteiger charge is -2.30. The maximum atomic E-state index is 13.9. The summed E-state index contributed by atoms with van der Waals surface area (Å²) in [5.41, 5.74) is 7.83. The fraction of sp³-hybridized carbons (Fsp3) is 0.516. The minimum Gasteiger partial charge on any atom is -0.442 e. The molecule has 1 aliphatic heterocycles. The lowest BCUT2D eigenvalue weighted by atomic mass is 10.0. The predicted molar refractivity (Wildman–Crippen MR) is 155 cm³/mol. The lowest BCUT2D eigenvalue weighted by molar-refractivity contribution is 0.0440. The molecule has 1 fully saturated rings. The number of aliphatic hydroxyl groups excluding tert-OH is 1. The Labute approximate surface area is 246 Å². The summed E-state index contributed by atoms with van der Waals surface area (Å²) in [5.74, 6) is -2.16. The lowest BCUT2D eigenvalue weighted by Crippen LogP contribution is -2.49. The van der Waals surface area contributed by atoms with E-state index in [0.29, 0.717) is 30.8 Å². The van der Waals surface area contributed by atoms with Crippen molar-refractivity contribution in [1.82, 2.24) is 14.7 Å². The smallest absolute Gasteiger partial charge is 0.410 e. The van der Waals surface area contributed by atoms with Crippen molar-refractivity contribution in [3.8, 4) is 0 Å². The highest BCUT2D eigenvalue weighted by Gasteiger charge is 2.34. The summed E-state index contributed by atoms with van der Waals surface area (Å²) >= 11 is 0. The molecule has 3 rings (SSSR count). The summed E-state index contributed by atoms with van der Waals surface area (Å²) < 4.78 is 32.8. The third-order valence-corrected chi connectivity index (χ3v) is 7.18. The Kier molecular flexibility index (Phi) is 11.8. The maximum absolute atomic E-state index is 13.9. The summed E-state index contributed by atoms with van der Waals surface area (Å²) in [6.07, 6.45) is -0.838. The van der Waals surface area contributed by atoms with Gasteiger partial charge in [0.15, 0.2) is 0 Å². The molecule has 3 N–H and O–H groups in total. The molecule has 1 aliphatic rings. The molecule has 230 valence electrons. The van der Waals surface area contributed by atoms with Crippen LogP contribution in [-0.2, 0) is 11.2 Å². The summed E-state index contributed by atoms with van der Waals surface area (Å²) in [5, 5.41) is 11.0. The number of hydrogen-bond donors (Lipinski definition) is 2. The number of aryl methyl sites for hydroxylation is 1. The van der Waals surface area contributed by atoms with Gasteiger partial charge < -0.3 is 30.3 Å². The first-order valence-corrected chi connectivity index (χ1v) is 14.5. The van der Waals surface area contributed by atoms with Crippen LogP contribution in [0.3, 0.4) is 0 Å². The van der Waals surface area contributed by atoms with E-state index >= 15 is 0 Å². The number of amides is 3. The number of nitrogens with two attached hydrogens (primary N) is 1. The van der Waals surface area contributed by atoms with Gasteiger partial charge >= 0.3 is 6.09 Å². The van der Waals surface area contributed by atoms with Crippen LogP contribution >= 0.6 is 0 Å². The standard InChI is InChI=1S/C31H42F2N4O5/c1-5-8-36(9-6-2)29(39)22-10-20(4)11-23(15-22)30(40)37(18-26-17-35(7-3)31(41)42-26)19-28(38)27(34)14-21-12-24(32)16-25(33)13-21/h10-13,15-16,26-28,38H,5-9,14,17-19,34H2,1-4H3/t26-,27-,28+/m0/s1. The number of nitrogens with zero attached hydrogens (tertiary/aromatic N) is 3. The molecule has 3 atom stereocenters. The van der Waals surface area contributed by atoms with E-state index in [-0.39, 0.29) is 43.1 Å². The van der Waals surface area contributed by atoms with Gasteiger partial charge in [-0.1, -0.05) is 13.8 Å². The molecule has 0 aliphatic carbocycles. The van der Waals surface area contributed by atoms with E-state index in [2.05, 4.69) is 0 Å². The summed E-state index contributed by atoms with van der Waals surface area (Å²) in [7, 11) is 0. The van der Waals surface area contributed by atoms with E-state index in [1.807, 2.05) is 20.8 Å². The molecule has 2 aromatic rings. The van der Waals surface area contributed by atoms with Crippen molar-refractivity contribution >= 4 is 17.9 Å². The van der Waals surface area contributed by atoms with Crippen LogP contribution in [0.4, 0.5) is 13.6 Å². The summed E-state index contributed by atoms with van der Waals surface area (Å²) in [4.78, 5) is 44.0. The topological polar surface area (TPSA) is 116 Å². The van der Waals surface area contributed by atoms with Crippen LogP contribution in [0.1, 0.15) is 65.5 Å². The SMILES string of the molecule is CCCN(CCC)C(=O)c1cc(C)cc(C(=O)N(C[C@@H]2CN(CC)C(=O)O2)C[C@@H](O)[C@@H](N)Cc2cc(F)cc(F)c2)c1. The quantitative estimate of drug-likeness (QED) is 0.347. The molecule has 1 saturated heterocycles. The minimum absolute atomic E-state index is 0.0194. The molecule has 1 heterocycles. The van der Waals surface area contributed by atoms with Crippen LogP contribution in [0.2, 0.25) is 0 Å². The summed E-state index contributed by atoms with van der Waals surface area (Å²) in [6.45, 7) is 9.25. The van der Waals surface area contributed by atoms with Crippen molar-refractivity contribution in [2.24, 2.45) is 5.73 Å².